The maximum Gasteiger partial charge on any atom is 0.0558 e. The SMILES string of the molecule is Cc1cc(Cl)cc(-c2cccc(CN3CCN(CCO)CC3)c2)c1. The topological polar surface area (TPSA) is 26.7 Å². The molecule has 1 saturated heterocycles. The van der Waals surface area contributed by atoms with Gasteiger partial charge < -0.3 is 5.11 Å². The third-order valence-electron chi connectivity index (χ3n) is 4.59. The molecule has 0 spiro atoms. The highest BCUT2D eigenvalue weighted by Crippen LogP contribution is 2.26. The van der Waals surface area contributed by atoms with Crippen molar-refractivity contribution in [2.45, 2.75) is 13.5 Å². The lowest BCUT2D eigenvalue weighted by atomic mass is 10.0. The van der Waals surface area contributed by atoms with Crippen molar-refractivity contribution in [3.05, 3.63) is 58.6 Å². The Morgan fingerprint density at radius 1 is 0.958 bits per heavy atom. The minimum Gasteiger partial charge on any atom is -0.395 e. The summed E-state index contributed by atoms with van der Waals surface area (Å²) in [6, 6.07) is 14.9. The van der Waals surface area contributed by atoms with Gasteiger partial charge >= 0.3 is 0 Å². The Labute approximate surface area is 149 Å². The predicted molar refractivity (Wildman–Crippen MR) is 100 cm³/mol. The maximum atomic E-state index is 9.03. The van der Waals surface area contributed by atoms with Crippen LogP contribution in [-0.4, -0.2) is 54.2 Å². The third-order valence-corrected chi connectivity index (χ3v) is 4.81. The molecule has 1 aliphatic rings. The van der Waals surface area contributed by atoms with E-state index in [-0.39, 0.29) is 6.61 Å². The van der Waals surface area contributed by atoms with Crippen LogP contribution in [0.5, 0.6) is 0 Å². The molecular formula is C20H25ClN2O. The highest BCUT2D eigenvalue weighted by Gasteiger charge is 2.16. The zero-order valence-electron chi connectivity index (χ0n) is 14.2. The van der Waals surface area contributed by atoms with E-state index in [4.69, 9.17) is 16.7 Å². The van der Waals surface area contributed by atoms with Crippen molar-refractivity contribution in [3.8, 4) is 11.1 Å². The number of nitrogens with zero attached hydrogens (tertiary/aromatic N) is 2. The highest BCUT2D eigenvalue weighted by molar-refractivity contribution is 6.30. The van der Waals surface area contributed by atoms with Crippen LogP contribution in [0.25, 0.3) is 11.1 Å². The van der Waals surface area contributed by atoms with Gasteiger partial charge in [0.2, 0.25) is 0 Å². The number of hydrogen-bond donors (Lipinski definition) is 1. The zero-order valence-corrected chi connectivity index (χ0v) is 15.0. The smallest absolute Gasteiger partial charge is 0.0558 e. The van der Waals surface area contributed by atoms with Crippen molar-refractivity contribution in [1.29, 1.82) is 0 Å². The van der Waals surface area contributed by atoms with Crippen molar-refractivity contribution in [3.63, 3.8) is 0 Å². The standard InChI is InChI=1S/C20H25ClN2O/c1-16-11-19(14-20(21)12-16)18-4-2-3-17(13-18)15-23-7-5-22(6-8-23)9-10-24/h2-4,11-14,24H,5-10,15H2,1H3. The van der Waals surface area contributed by atoms with Crippen LogP contribution >= 0.6 is 11.6 Å². The molecule has 4 heteroatoms. The molecule has 1 N–H and O–H groups in total. The molecule has 0 bridgehead atoms. The molecule has 24 heavy (non-hydrogen) atoms. The molecule has 0 atom stereocenters. The van der Waals surface area contributed by atoms with E-state index in [0.717, 1.165) is 44.3 Å². The van der Waals surface area contributed by atoms with E-state index in [9.17, 15) is 0 Å². The summed E-state index contributed by atoms with van der Waals surface area (Å²) < 4.78 is 0. The number of aryl methyl sites for hydroxylation is 1. The first-order valence-corrected chi connectivity index (χ1v) is 8.94. The molecule has 3 nitrogen and oxygen atoms in total. The monoisotopic (exact) mass is 344 g/mol. The largest absolute Gasteiger partial charge is 0.395 e. The average molecular weight is 345 g/mol. The number of aliphatic hydroxyl groups excluding tert-OH is 1. The van der Waals surface area contributed by atoms with E-state index in [2.05, 4.69) is 47.1 Å². The van der Waals surface area contributed by atoms with Crippen LogP contribution < -0.4 is 0 Å². The molecule has 3 rings (SSSR count). The van der Waals surface area contributed by atoms with Gasteiger partial charge in [-0.1, -0.05) is 35.9 Å². The summed E-state index contributed by atoms with van der Waals surface area (Å²) in [7, 11) is 0. The lowest BCUT2D eigenvalue weighted by molar-refractivity contribution is 0.108. The summed E-state index contributed by atoms with van der Waals surface area (Å²) in [4.78, 5) is 4.80. The first kappa shape index (κ1) is 17.4. The van der Waals surface area contributed by atoms with Crippen molar-refractivity contribution >= 4 is 11.6 Å². The quantitative estimate of drug-likeness (QED) is 0.900. The molecule has 1 aliphatic heterocycles. The second kappa shape index (κ2) is 8.13. The summed E-state index contributed by atoms with van der Waals surface area (Å²) in [5, 5.41) is 9.82. The van der Waals surface area contributed by atoms with E-state index in [1.165, 1.54) is 22.3 Å². The van der Waals surface area contributed by atoms with Crippen molar-refractivity contribution in [2.75, 3.05) is 39.3 Å². The van der Waals surface area contributed by atoms with Crippen molar-refractivity contribution in [1.82, 2.24) is 9.80 Å². The van der Waals surface area contributed by atoms with Crippen LogP contribution in [0.1, 0.15) is 11.1 Å². The van der Waals surface area contributed by atoms with Crippen LogP contribution in [0.3, 0.4) is 0 Å². The van der Waals surface area contributed by atoms with Gasteiger partial charge in [-0.15, -0.1) is 0 Å². The molecule has 0 aliphatic carbocycles. The Balaban J connectivity index is 1.68. The number of benzene rings is 2. The summed E-state index contributed by atoms with van der Waals surface area (Å²) in [6.07, 6.45) is 0. The number of piperazine rings is 1. The molecule has 1 heterocycles. The van der Waals surface area contributed by atoms with Crippen LogP contribution in [0.4, 0.5) is 0 Å². The molecule has 2 aromatic carbocycles. The van der Waals surface area contributed by atoms with Gasteiger partial charge in [-0.05, 0) is 47.4 Å². The van der Waals surface area contributed by atoms with E-state index >= 15 is 0 Å². The van der Waals surface area contributed by atoms with Crippen LogP contribution in [-0.2, 0) is 6.54 Å². The fourth-order valence-corrected chi connectivity index (χ4v) is 3.61. The van der Waals surface area contributed by atoms with Gasteiger partial charge in [0.25, 0.3) is 0 Å². The summed E-state index contributed by atoms with van der Waals surface area (Å²) in [6.45, 7) is 8.27. The Morgan fingerprint density at radius 2 is 1.71 bits per heavy atom. The minimum atomic E-state index is 0.251. The number of aliphatic hydroxyl groups is 1. The molecule has 0 saturated carbocycles. The van der Waals surface area contributed by atoms with E-state index in [1.54, 1.807) is 0 Å². The second-order valence-corrected chi connectivity index (χ2v) is 7.00. The van der Waals surface area contributed by atoms with Crippen molar-refractivity contribution in [2.24, 2.45) is 0 Å². The molecular weight excluding hydrogens is 320 g/mol. The number of β-amino-alcohol motifs (C(OH)–C–C–N with tert-alkyl or cyclic N) is 1. The van der Waals surface area contributed by atoms with Crippen LogP contribution in [0.15, 0.2) is 42.5 Å². The minimum absolute atomic E-state index is 0.251. The first-order valence-electron chi connectivity index (χ1n) is 8.56. The van der Waals surface area contributed by atoms with Gasteiger partial charge in [0.1, 0.15) is 0 Å². The Bertz CT molecular complexity index is 661. The molecule has 0 radical (unpaired) electrons. The molecule has 2 aromatic rings. The number of hydrogen-bond acceptors (Lipinski definition) is 3. The van der Waals surface area contributed by atoms with Crippen LogP contribution in [0, 0.1) is 6.92 Å². The Kier molecular flexibility index (Phi) is 5.90. The first-order chi connectivity index (χ1) is 11.6. The van der Waals surface area contributed by atoms with Crippen LogP contribution in [0.2, 0.25) is 5.02 Å². The Morgan fingerprint density at radius 3 is 2.42 bits per heavy atom. The molecule has 0 amide bonds. The lowest BCUT2D eigenvalue weighted by Gasteiger charge is -2.34. The molecule has 0 unspecified atom stereocenters. The maximum absolute atomic E-state index is 9.03. The molecule has 128 valence electrons. The fraction of sp³-hybridized carbons (Fsp3) is 0.400. The number of rotatable bonds is 5. The van der Waals surface area contributed by atoms with Gasteiger partial charge in [0.15, 0.2) is 0 Å². The summed E-state index contributed by atoms with van der Waals surface area (Å²) >= 11 is 6.20. The summed E-state index contributed by atoms with van der Waals surface area (Å²) in [5.41, 5.74) is 4.91. The van der Waals surface area contributed by atoms with Gasteiger partial charge in [0, 0.05) is 44.3 Å². The second-order valence-electron chi connectivity index (χ2n) is 6.56. The highest BCUT2D eigenvalue weighted by atomic mass is 35.5. The average Bonchev–Trinajstić information content (AvgIpc) is 2.56. The van der Waals surface area contributed by atoms with E-state index in [1.807, 2.05) is 12.1 Å². The van der Waals surface area contributed by atoms with Gasteiger partial charge in [-0.2, -0.15) is 0 Å². The normalized spacial score (nSPS) is 16.5. The molecule has 1 fully saturated rings. The Hall–Kier alpha value is -1.39. The third kappa shape index (κ3) is 4.58. The van der Waals surface area contributed by atoms with Crippen molar-refractivity contribution < 1.29 is 5.11 Å². The van der Waals surface area contributed by atoms with E-state index in [0.29, 0.717) is 0 Å². The summed E-state index contributed by atoms with van der Waals surface area (Å²) in [5.74, 6) is 0. The molecule has 0 aromatic heterocycles. The van der Waals surface area contributed by atoms with Gasteiger partial charge in [0.05, 0.1) is 6.61 Å². The predicted octanol–water partition coefficient (Wildman–Crippen LogP) is 3.43. The van der Waals surface area contributed by atoms with Gasteiger partial charge in [-0.3, -0.25) is 9.80 Å². The number of halogens is 1. The van der Waals surface area contributed by atoms with Gasteiger partial charge in [-0.25, -0.2) is 0 Å². The lowest BCUT2D eigenvalue weighted by Crippen LogP contribution is -2.46. The fourth-order valence-electron chi connectivity index (χ4n) is 3.32. The zero-order chi connectivity index (χ0) is 16.9. The van der Waals surface area contributed by atoms with E-state index < -0.39 is 0 Å².